The lowest BCUT2D eigenvalue weighted by Gasteiger charge is -2.51. The van der Waals surface area contributed by atoms with Crippen LogP contribution in [0.25, 0.3) is 0 Å². The van der Waals surface area contributed by atoms with Crippen molar-refractivity contribution in [3.8, 4) is 0 Å². The van der Waals surface area contributed by atoms with Crippen molar-refractivity contribution in [2.45, 2.75) is 56.9 Å². The van der Waals surface area contributed by atoms with E-state index in [1.54, 1.807) is 30.6 Å². The molecule has 0 spiro atoms. The molecular formula is C23H28N4O3S. The minimum absolute atomic E-state index is 0.0234. The number of carbonyl (C=O) groups is 1. The first-order valence-electron chi connectivity index (χ1n) is 11.1. The topological polar surface area (TPSA) is 83.5 Å². The first-order valence-corrected chi connectivity index (χ1v) is 12.7. The summed E-state index contributed by atoms with van der Waals surface area (Å²) < 4.78 is 26.5. The van der Waals surface area contributed by atoms with Gasteiger partial charge in [0.25, 0.3) is 5.91 Å². The second kappa shape index (κ2) is 7.58. The van der Waals surface area contributed by atoms with E-state index in [0.717, 1.165) is 37.8 Å². The highest BCUT2D eigenvalue weighted by molar-refractivity contribution is 7.92. The molecule has 2 fully saturated rings. The van der Waals surface area contributed by atoms with E-state index in [-0.39, 0.29) is 23.1 Å². The molecule has 2 saturated heterocycles. The van der Waals surface area contributed by atoms with E-state index >= 15 is 0 Å². The molecule has 1 amide bonds. The van der Waals surface area contributed by atoms with Gasteiger partial charge in [-0.25, -0.2) is 18.4 Å². The number of aryl methyl sites for hydroxylation is 1. The standard InChI is InChI=1S/C23H28N4O3S/c1-23-10-5-11-26(20(23)9-8-18-15-24-16-25-21(18)23)22(28)17-6-4-7-19(14-17)27-12-2-3-13-31(27,29)30/h4,6-7,14-16,20H,2-3,5,8-13H2,1H3/t20-,23-/m1/s1. The van der Waals surface area contributed by atoms with Crippen molar-refractivity contribution in [3.63, 3.8) is 0 Å². The summed E-state index contributed by atoms with van der Waals surface area (Å²) in [6, 6.07) is 7.20. The average molecular weight is 441 g/mol. The summed E-state index contributed by atoms with van der Waals surface area (Å²) in [5.41, 5.74) is 3.22. The quantitative estimate of drug-likeness (QED) is 0.717. The monoisotopic (exact) mass is 440 g/mol. The number of sulfonamides is 1. The number of piperidine rings is 1. The Labute approximate surface area is 183 Å². The van der Waals surface area contributed by atoms with Crippen LogP contribution in [0.4, 0.5) is 5.69 Å². The highest BCUT2D eigenvalue weighted by Gasteiger charge is 2.48. The van der Waals surface area contributed by atoms with Crippen LogP contribution >= 0.6 is 0 Å². The molecule has 0 saturated carbocycles. The number of nitrogens with zero attached hydrogens (tertiary/aromatic N) is 4. The van der Waals surface area contributed by atoms with Crippen LogP contribution in [0.3, 0.4) is 0 Å². The number of carbonyl (C=O) groups excluding carboxylic acids is 1. The van der Waals surface area contributed by atoms with Crippen molar-refractivity contribution in [1.82, 2.24) is 14.9 Å². The fourth-order valence-corrected chi connectivity index (χ4v) is 7.29. The van der Waals surface area contributed by atoms with Crippen molar-refractivity contribution in [2.24, 2.45) is 0 Å². The van der Waals surface area contributed by atoms with E-state index < -0.39 is 10.0 Å². The molecule has 7 nitrogen and oxygen atoms in total. The maximum Gasteiger partial charge on any atom is 0.254 e. The summed E-state index contributed by atoms with van der Waals surface area (Å²) in [6.07, 6.45) is 8.72. The molecule has 2 aromatic rings. The van der Waals surface area contributed by atoms with Gasteiger partial charge in [-0.2, -0.15) is 0 Å². The van der Waals surface area contributed by atoms with Crippen LogP contribution in [-0.4, -0.2) is 54.1 Å². The van der Waals surface area contributed by atoms with Gasteiger partial charge in [0.1, 0.15) is 6.33 Å². The number of rotatable bonds is 2. The average Bonchev–Trinajstić information content (AvgIpc) is 2.78. The third-order valence-electron chi connectivity index (χ3n) is 7.21. The SMILES string of the molecule is C[C@@]12CCCN(C(=O)c3cccc(N4CCCCS4(=O)=O)c3)[C@@H]1CCc1cncnc12. The Balaban J connectivity index is 1.46. The second-order valence-corrected chi connectivity index (χ2v) is 11.1. The van der Waals surface area contributed by atoms with Gasteiger partial charge in [-0.05, 0) is 62.3 Å². The Morgan fingerprint density at radius 3 is 2.90 bits per heavy atom. The van der Waals surface area contributed by atoms with Crippen LogP contribution in [-0.2, 0) is 21.9 Å². The number of amides is 1. The predicted molar refractivity (Wildman–Crippen MR) is 119 cm³/mol. The number of likely N-dealkylation sites (tertiary alicyclic amines) is 1. The molecule has 0 bridgehead atoms. The van der Waals surface area contributed by atoms with Crippen LogP contribution in [0.1, 0.15) is 60.6 Å². The molecule has 1 aromatic heterocycles. The van der Waals surface area contributed by atoms with Gasteiger partial charge in [-0.1, -0.05) is 13.0 Å². The van der Waals surface area contributed by atoms with E-state index in [0.29, 0.717) is 30.8 Å². The Kier molecular flexibility index (Phi) is 5.00. The smallest absolute Gasteiger partial charge is 0.254 e. The van der Waals surface area contributed by atoms with Gasteiger partial charge in [0.15, 0.2) is 0 Å². The lowest BCUT2D eigenvalue weighted by atomic mass is 9.65. The molecular weight excluding hydrogens is 412 g/mol. The zero-order chi connectivity index (χ0) is 21.6. The van der Waals surface area contributed by atoms with Gasteiger partial charge in [0.05, 0.1) is 17.1 Å². The lowest BCUT2D eigenvalue weighted by Crippen LogP contribution is -2.57. The molecule has 0 unspecified atom stereocenters. The minimum atomic E-state index is -3.31. The van der Waals surface area contributed by atoms with Crippen LogP contribution in [0.2, 0.25) is 0 Å². The zero-order valence-corrected chi connectivity index (χ0v) is 18.6. The fourth-order valence-electron chi connectivity index (χ4n) is 5.66. The van der Waals surface area contributed by atoms with Crippen LogP contribution in [0.5, 0.6) is 0 Å². The molecule has 31 heavy (non-hydrogen) atoms. The van der Waals surface area contributed by atoms with E-state index in [1.807, 2.05) is 11.1 Å². The second-order valence-electron chi connectivity index (χ2n) is 9.12. The molecule has 2 atom stereocenters. The van der Waals surface area contributed by atoms with Gasteiger partial charge in [-0.3, -0.25) is 9.10 Å². The maximum atomic E-state index is 13.6. The zero-order valence-electron chi connectivity index (χ0n) is 17.8. The van der Waals surface area contributed by atoms with E-state index in [4.69, 9.17) is 0 Å². The number of hydrogen-bond acceptors (Lipinski definition) is 5. The number of benzene rings is 1. The van der Waals surface area contributed by atoms with E-state index in [9.17, 15) is 13.2 Å². The Morgan fingerprint density at radius 1 is 1.19 bits per heavy atom. The number of fused-ring (bicyclic) bond motifs is 3. The third-order valence-corrected chi connectivity index (χ3v) is 9.08. The first-order chi connectivity index (χ1) is 14.9. The number of aromatic nitrogens is 2. The van der Waals surface area contributed by atoms with E-state index in [1.165, 1.54) is 9.87 Å². The molecule has 0 N–H and O–H groups in total. The first kappa shape index (κ1) is 20.4. The molecule has 0 radical (unpaired) electrons. The minimum Gasteiger partial charge on any atom is -0.335 e. The molecule has 1 aliphatic carbocycles. The molecule has 5 rings (SSSR count). The van der Waals surface area contributed by atoms with Gasteiger partial charge in [0.2, 0.25) is 10.0 Å². The number of hydrogen-bond donors (Lipinski definition) is 0. The van der Waals surface area contributed by atoms with Crippen molar-refractivity contribution < 1.29 is 13.2 Å². The Bertz CT molecular complexity index is 1120. The molecule has 8 heteroatoms. The highest BCUT2D eigenvalue weighted by atomic mass is 32.2. The maximum absolute atomic E-state index is 13.6. The normalized spacial score (nSPS) is 27.3. The van der Waals surface area contributed by atoms with Crippen molar-refractivity contribution in [1.29, 1.82) is 0 Å². The summed E-state index contributed by atoms with van der Waals surface area (Å²) in [5, 5.41) is 0. The Morgan fingerprint density at radius 2 is 2.06 bits per heavy atom. The van der Waals surface area contributed by atoms with Gasteiger partial charge in [0, 0.05) is 36.3 Å². The Hall–Kier alpha value is -2.48. The van der Waals surface area contributed by atoms with Gasteiger partial charge < -0.3 is 4.90 Å². The molecule has 3 aliphatic rings. The summed E-state index contributed by atoms with van der Waals surface area (Å²) in [6.45, 7) is 3.41. The third kappa shape index (κ3) is 3.41. The fraction of sp³-hybridized carbons (Fsp3) is 0.522. The summed E-state index contributed by atoms with van der Waals surface area (Å²) in [5.74, 6) is 0.142. The number of anilines is 1. The molecule has 2 aliphatic heterocycles. The summed E-state index contributed by atoms with van der Waals surface area (Å²) >= 11 is 0. The van der Waals surface area contributed by atoms with Crippen molar-refractivity contribution >= 4 is 21.6 Å². The van der Waals surface area contributed by atoms with E-state index in [2.05, 4.69) is 16.9 Å². The van der Waals surface area contributed by atoms with Gasteiger partial charge in [-0.15, -0.1) is 0 Å². The van der Waals surface area contributed by atoms with Crippen molar-refractivity contribution in [3.05, 3.63) is 53.6 Å². The van der Waals surface area contributed by atoms with Crippen LogP contribution in [0.15, 0.2) is 36.8 Å². The van der Waals surface area contributed by atoms with Crippen LogP contribution in [0, 0.1) is 0 Å². The van der Waals surface area contributed by atoms with Crippen LogP contribution < -0.4 is 4.31 Å². The summed E-state index contributed by atoms with van der Waals surface area (Å²) in [7, 11) is -3.31. The lowest BCUT2D eigenvalue weighted by molar-refractivity contribution is 0.0379. The summed E-state index contributed by atoms with van der Waals surface area (Å²) in [4.78, 5) is 24.4. The van der Waals surface area contributed by atoms with Crippen molar-refractivity contribution in [2.75, 3.05) is 23.1 Å². The highest BCUT2D eigenvalue weighted by Crippen LogP contribution is 2.45. The molecule has 1 aromatic carbocycles. The predicted octanol–water partition coefficient (Wildman–Crippen LogP) is 2.92. The van der Waals surface area contributed by atoms with Gasteiger partial charge >= 0.3 is 0 Å². The molecule has 164 valence electrons. The largest absolute Gasteiger partial charge is 0.335 e. The molecule has 3 heterocycles.